The summed E-state index contributed by atoms with van der Waals surface area (Å²) in [6.45, 7) is 0. The maximum absolute atomic E-state index is 12.5. The zero-order chi connectivity index (χ0) is 17.2. The predicted molar refractivity (Wildman–Crippen MR) is 90.5 cm³/mol. The van der Waals surface area contributed by atoms with Crippen molar-refractivity contribution in [1.29, 1.82) is 0 Å². The molecule has 1 atom stereocenters. The Morgan fingerprint density at radius 2 is 2.12 bits per heavy atom. The molecule has 0 saturated heterocycles. The van der Waals surface area contributed by atoms with Crippen LogP contribution >= 0.6 is 11.3 Å². The Morgan fingerprint density at radius 1 is 1.29 bits per heavy atom. The number of amides is 1. The van der Waals surface area contributed by atoms with Gasteiger partial charge in [0.25, 0.3) is 0 Å². The highest BCUT2D eigenvalue weighted by atomic mass is 32.2. The van der Waals surface area contributed by atoms with Crippen molar-refractivity contribution in [3.8, 4) is 0 Å². The van der Waals surface area contributed by atoms with E-state index in [1.807, 2.05) is 23.6 Å². The fraction of sp³-hybridized carbons (Fsp3) is 0.188. The summed E-state index contributed by atoms with van der Waals surface area (Å²) in [7, 11) is -3.57. The Kier molecular flexibility index (Phi) is 4.70. The highest BCUT2D eigenvalue weighted by Gasteiger charge is 2.26. The molecule has 0 spiro atoms. The smallest absolute Gasteiger partial charge is 0.233 e. The van der Waals surface area contributed by atoms with Gasteiger partial charge in [0.2, 0.25) is 6.41 Å². The van der Waals surface area contributed by atoms with Gasteiger partial charge in [0.15, 0.2) is 9.84 Å². The molecule has 0 aliphatic rings. The van der Waals surface area contributed by atoms with Crippen LogP contribution in [0, 0.1) is 0 Å². The summed E-state index contributed by atoms with van der Waals surface area (Å²) < 4.78 is 31.0. The van der Waals surface area contributed by atoms with E-state index in [0.29, 0.717) is 16.2 Å². The van der Waals surface area contributed by atoms with Crippen LogP contribution in [0.4, 0.5) is 0 Å². The summed E-state index contributed by atoms with van der Waals surface area (Å²) in [5.74, 6) is -0.566. The van der Waals surface area contributed by atoms with Crippen LogP contribution in [0.5, 0.6) is 0 Å². The number of hydroxylamine groups is 2. The molecule has 0 aliphatic heterocycles. The van der Waals surface area contributed by atoms with Gasteiger partial charge in [-0.2, -0.15) is 0 Å². The molecule has 8 heteroatoms. The van der Waals surface area contributed by atoms with Crippen molar-refractivity contribution in [3.63, 3.8) is 0 Å². The second-order valence-corrected chi connectivity index (χ2v) is 8.46. The Bertz CT molecular complexity index is 930. The van der Waals surface area contributed by atoms with Gasteiger partial charge in [-0.3, -0.25) is 10.0 Å². The van der Waals surface area contributed by atoms with Crippen molar-refractivity contribution >= 4 is 37.7 Å². The molecule has 1 N–H and O–H groups in total. The first kappa shape index (κ1) is 16.7. The number of furan rings is 1. The van der Waals surface area contributed by atoms with Gasteiger partial charge in [-0.05, 0) is 40.6 Å². The van der Waals surface area contributed by atoms with Gasteiger partial charge >= 0.3 is 0 Å². The van der Waals surface area contributed by atoms with E-state index in [9.17, 15) is 18.4 Å². The summed E-state index contributed by atoms with van der Waals surface area (Å²) in [6.07, 6.45) is 2.85. The lowest BCUT2D eigenvalue weighted by atomic mass is 10.2. The zero-order valence-electron chi connectivity index (χ0n) is 12.5. The number of carbonyl (C=O) groups excluding carboxylic acids is 1. The van der Waals surface area contributed by atoms with Gasteiger partial charge in [0.05, 0.1) is 24.0 Å². The fourth-order valence-electron chi connectivity index (χ4n) is 2.52. The van der Waals surface area contributed by atoms with Crippen molar-refractivity contribution < 1.29 is 22.8 Å². The van der Waals surface area contributed by atoms with E-state index in [1.54, 1.807) is 17.4 Å². The second-order valence-electron chi connectivity index (χ2n) is 5.41. The molecule has 2 heterocycles. The molecule has 6 nitrogen and oxygen atoms in total. The third-order valence-corrected chi connectivity index (χ3v) is 6.17. The van der Waals surface area contributed by atoms with Crippen LogP contribution < -0.4 is 0 Å². The molecule has 126 valence electrons. The minimum Gasteiger partial charge on any atom is -0.472 e. The van der Waals surface area contributed by atoms with E-state index < -0.39 is 21.6 Å². The van der Waals surface area contributed by atoms with Crippen LogP contribution in [-0.4, -0.2) is 30.9 Å². The van der Waals surface area contributed by atoms with Gasteiger partial charge in [0.1, 0.15) is 6.04 Å². The summed E-state index contributed by atoms with van der Waals surface area (Å²) in [5.41, 5.74) is 1.09. The van der Waals surface area contributed by atoms with Gasteiger partial charge < -0.3 is 4.42 Å². The third kappa shape index (κ3) is 3.66. The van der Waals surface area contributed by atoms with Crippen LogP contribution in [0.1, 0.15) is 17.2 Å². The van der Waals surface area contributed by atoms with Gasteiger partial charge in [-0.25, -0.2) is 13.5 Å². The lowest BCUT2D eigenvalue weighted by Gasteiger charge is -2.21. The largest absolute Gasteiger partial charge is 0.472 e. The first-order chi connectivity index (χ1) is 11.5. The molecule has 2 aromatic heterocycles. The SMILES string of the molecule is O=CN(O)[C@H](CS(=O)(=O)Cc1ccc2sccc2c1)c1ccoc1. The molecular weight excluding hydrogens is 350 g/mol. The van der Waals surface area contributed by atoms with E-state index in [4.69, 9.17) is 4.42 Å². The van der Waals surface area contributed by atoms with Crippen molar-refractivity contribution in [2.45, 2.75) is 11.8 Å². The second kappa shape index (κ2) is 6.76. The summed E-state index contributed by atoms with van der Waals surface area (Å²) in [4.78, 5) is 10.9. The van der Waals surface area contributed by atoms with Crippen molar-refractivity contribution in [1.82, 2.24) is 5.06 Å². The fourth-order valence-corrected chi connectivity index (χ4v) is 4.93. The van der Waals surface area contributed by atoms with E-state index in [1.165, 1.54) is 18.6 Å². The maximum atomic E-state index is 12.5. The number of benzene rings is 1. The van der Waals surface area contributed by atoms with Gasteiger partial charge in [0, 0.05) is 10.3 Å². The normalized spacial score (nSPS) is 13.0. The standard InChI is InChI=1S/C16H15NO5S2/c18-11-17(19)15(14-3-5-22-8-14)10-24(20,21)9-12-1-2-16-13(7-12)4-6-23-16/h1-8,11,15,19H,9-10H2/t15-/m1/s1. The molecule has 1 aromatic carbocycles. The van der Waals surface area contributed by atoms with Crippen LogP contribution in [0.2, 0.25) is 0 Å². The molecule has 24 heavy (non-hydrogen) atoms. The third-order valence-electron chi connectivity index (χ3n) is 3.67. The monoisotopic (exact) mass is 365 g/mol. The molecule has 0 radical (unpaired) electrons. The molecule has 0 bridgehead atoms. The van der Waals surface area contributed by atoms with E-state index in [-0.39, 0.29) is 12.2 Å². The summed E-state index contributed by atoms with van der Waals surface area (Å²) in [6, 6.07) is 7.96. The molecule has 0 fully saturated rings. The summed E-state index contributed by atoms with van der Waals surface area (Å²) in [5, 5.41) is 13.0. The maximum Gasteiger partial charge on any atom is 0.233 e. The Labute approximate surface area is 142 Å². The number of sulfone groups is 1. The number of hydrogen-bond donors (Lipinski definition) is 1. The predicted octanol–water partition coefficient (Wildman–Crippen LogP) is 3.00. The number of carbonyl (C=O) groups is 1. The molecule has 3 rings (SSSR count). The Morgan fingerprint density at radius 3 is 2.83 bits per heavy atom. The highest BCUT2D eigenvalue weighted by Crippen LogP contribution is 2.25. The quantitative estimate of drug-likeness (QED) is 0.395. The van der Waals surface area contributed by atoms with Crippen molar-refractivity contribution in [3.05, 3.63) is 59.4 Å². The minimum atomic E-state index is -3.57. The van der Waals surface area contributed by atoms with Crippen molar-refractivity contribution in [2.75, 3.05) is 5.75 Å². The van der Waals surface area contributed by atoms with Crippen molar-refractivity contribution in [2.24, 2.45) is 0 Å². The molecule has 1 amide bonds. The molecule has 3 aromatic rings. The first-order valence-corrected chi connectivity index (χ1v) is 9.80. The molecular formula is C16H15NO5S2. The first-order valence-electron chi connectivity index (χ1n) is 7.10. The van der Waals surface area contributed by atoms with Crippen LogP contribution in [0.15, 0.2) is 52.7 Å². The lowest BCUT2D eigenvalue weighted by Crippen LogP contribution is -2.30. The van der Waals surface area contributed by atoms with Gasteiger partial charge in [-0.15, -0.1) is 11.3 Å². The number of hydrogen-bond acceptors (Lipinski definition) is 6. The Balaban J connectivity index is 1.82. The number of fused-ring (bicyclic) bond motifs is 1. The van der Waals surface area contributed by atoms with E-state index >= 15 is 0 Å². The van der Waals surface area contributed by atoms with Gasteiger partial charge in [-0.1, -0.05) is 6.07 Å². The zero-order valence-corrected chi connectivity index (χ0v) is 14.2. The summed E-state index contributed by atoms with van der Waals surface area (Å²) >= 11 is 1.59. The van der Waals surface area contributed by atoms with Crippen LogP contribution in [-0.2, 0) is 20.4 Å². The number of thiophene rings is 1. The van der Waals surface area contributed by atoms with E-state index in [0.717, 1.165) is 10.1 Å². The average Bonchev–Trinajstić information content (AvgIpc) is 3.22. The number of nitrogens with zero attached hydrogens (tertiary/aromatic N) is 1. The van der Waals surface area contributed by atoms with Crippen LogP contribution in [0.25, 0.3) is 10.1 Å². The van der Waals surface area contributed by atoms with E-state index in [2.05, 4.69) is 0 Å². The number of rotatable bonds is 7. The Hall–Kier alpha value is -2.16. The molecule has 0 aliphatic carbocycles. The highest BCUT2D eigenvalue weighted by molar-refractivity contribution is 7.90. The minimum absolute atomic E-state index is 0.167. The molecule has 0 unspecified atom stereocenters. The topological polar surface area (TPSA) is 87.8 Å². The lowest BCUT2D eigenvalue weighted by molar-refractivity contribution is -0.158. The van der Waals surface area contributed by atoms with Crippen LogP contribution in [0.3, 0.4) is 0 Å². The average molecular weight is 365 g/mol. The molecule has 0 saturated carbocycles.